The zero-order valence-electron chi connectivity index (χ0n) is 30.5. The number of esters is 2. The van der Waals surface area contributed by atoms with Crippen molar-refractivity contribution in [3.8, 4) is 0 Å². The van der Waals surface area contributed by atoms with Gasteiger partial charge in [0.15, 0.2) is 0 Å². The van der Waals surface area contributed by atoms with Crippen molar-refractivity contribution in [2.45, 2.75) is 168 Å². The molecular formula is C40H71N3O4. The first-order valence-corrected chi connectivity index (χ1v) is 19.4. The highest BCUT2D eigenvalue weighted by Crippen LogP contribution is 2.11. The van der Waals surface area contributed by atoms with Gasteiger partial charge in [0, 0.05) is 31.8 Å². The van der Waals surface area contributed by atoms with Crippen molar-refractivity contribution in [3.05, 3.63) is 43.0 Å². The molecule has 1 aromatic heterocycles. The van der Waals surface area contributed by atoms with Gasteiger partial charge in [0.25, 0.3) is 0 Å². The Morgan fingerprint density at radius 1 is 0.596 bits per heavy atom. The van der Waals surface area contributed by atoms with Crippen LogP contribution in [0.2, 0.25) is 0 Å². The molecule has 7 heteroatoms. The number of allylic oxidation sites excluding steroid dienone is 2. The highest BCUT2D eigenvalue weighted by atomic mass is 16.5. The van der Waals surface area contributed by atoms with Crippen LogP contribution in [0.5, 0.6) is 0 Å². The summed E-state index contributed by atoms with van der Waals surface area (Å²) in [5.41, 5.74) is 0. The maximum absolute atomic E-state index is 12.0. The van der Waals surface area contributed by atoms with Gasteiger partial charge in [0.1, 0.15) is 13.2 Å². The third-order valence-electron chi connectivity index (χ3n) is 8.62. The topological polar surface area (TPSA) is 73.7 Å². The molecule has 0 atom stereocenters. The lowest BCUT2D eigenvalue weighted by atomic mass is 10.1. The molecule has 0 aliphatic rings. The van der Waals surface area contributed by atoms with Crippen molar-refractivity contribution in [2.24, 2.45) is 0 Å². The van der Waals surface area contributed by atoms with Gasteiger partial charge in [-0.1, -0.05) is 115 Å². The Morgan fingerprint density at radius 2 is 1.06 bits per heavy atom. The first kappa shape index (κ1) is 42.6. The van der Waals surface area contributed by atoms with Crippen molar-refractivity contribution in [1.82, 2.24) is 14.5 Å². The normalized spacial score (nSPS) is 11.7. The van der Waals surface area contributed by atoms with Crippen LogP contribution in [0.25, 0.3) is 0 Å². The standard InChI is InChI=1S/C40H71N3O4/c1-3-5-7-9-11-19-25-36-46-39(44)28-21-15-13-17-23-31-42(33-27-34-43-35-30-41-38-43)32-24-18-14-16-22-29-40(45)47-37-26-20-12-10-8-6-4-2/h19-20,25-26,30,35,38H,3-18,21-24,27-29,31-34,36-37H2,1-2H3/b25-19-,26-20-. The van der Waals surface area contributed by atoms with Crippen molar-refractivity contribution in [1.29, 1.82) is 0 Å². The summed E-state index contributed by atoms with van der Waals surface area (Å²) in [6, 6.07) is 0. The number of hydrogen-bond acceptors (Lipinski definition) is 6. The number of aryl methyl sites for hydroxylation is 1. The van der Waals surface area contributed by atoms with E-state index in [1.165, 1.54) is 89.9 Å². The summed E-state index contributed by atoms with van der Waals surface area (Å²) in [5.74, 6) is -0.137. The van der Waals surface area contributed by atoms with Gasteiger partial charge in [0.2, 0.25) is 0 Å². The monoisotopic (exact) mass is 658 g/mol. The quantitative estimate of drug-likeness (QED) is 0.0417. The van der Waals surface area contributed by atoms with Gasteiger partial charge in [-0.25, -0.2) is 4.98 Å². The fourth-order valence-electron chi connectivity index (χ4n) is 5.68. The van der Waals surface area contributed by atoms with Gasteiger partial charge < -0.3 is 18.9 Å². The second-order valence-corrected chi connectivity index (χ2v) is 13.0. The van der Waals surface area contributed by atoms with E-state index in [1.807, 2.05) is 30.9 Å². The molecule has 0 aliphatic heterocycles. The van der Waals surface area contributed by atoms with Crippen molar-refractivity contribution in [2.75, 3.05) is 32.8 Å². The van der Waals surface area contributed by atoms with Gasteiger partial charge in [-0.3, -0.25) is 9.59 Å². The molecule has 0 spiro atoms. The molecule has 270 valence electrons. The first-order valence-electron chi connectivity index (χ1n) is 19.4. The molecule has 0 unspecified atom stereocenters. The lowest BCUT2D eigenvalue weighted by Gasteiger charge is -2.22. The number of carbonyl (C=O) groups excluding carboxylic acids is 2. The van der Waals surface area contributed by atoms with E-state index in [0.717, 1.165) is 71.1 Å². The van der Waals surface area contributed by atoms with Crippen LogP contribution in [0.1, 0.15) is 162 Å². The zero-order chi connectivity index (χ0) is 33.9. The second kappa shape index (κ2) is 33.5. The molecule has 0 bridgehead atoms. The number of rotatable bonds is 34. The van der Waals surface area contributed by atoms with Gasteiger partial charge >= 0.3 is 11.9 Å². The highest BCUT2D eigenvalue weighted by molar-refractivity contribution is 5.69. The van der Waals surface area contributed by atoms with Gasteiger partial charge in [-0.05, 0) is 77.4 Å². The summed E-state index contributed by atoms with van der Waals surface area (Å²) >= 11 is 0. The number of ether oxygens (including phenoxy) is 2. The smallest absolute Gasteiger partial charge is 0.306 e. The van der Waals surface area contributed by atoms with E-state index < -0.39 is 0 Å². The van der Waals surface area contributed by atoms with Crippen LogP contribution >= 0.6 is 0 Å². The summed E-state index contributed by atoms with van der Waals surface area (Å²) < 4.78 is 12.8. The van der Waals surface area contributed by atoms with Crippen LogP contribution in [-0.2, 0) is 25.6 Å². The summed E-state index contributed by atoms with van der Waals surface area (Å²) in [5, 5.41) is 0. The number of carbonyl (C=O) groups is 2. The van der Waals surface area contributed by atoms with Gasteiger partial charge in [0.05, 0.1) is 6.33 Å². The van der Waals surface area contributed by atoms with E-state index in [0.29, 0.717) is 26.1 Å². The van der Waals surface area contributed by atoms with Crippen LogP contribution in [0.3, 0.4) is 0 Å². The molecule has 7 nitrogen and oxygen atoms in total. The fourth-order valence-corrected chi connectivity index (χ4v) is 5.68. The largest absolute Gasteiger partial charge is 0.461 e. The number of aromatic nitrogens is 2. The summed E-state index contributed by atoms with van der Waals surface area (Å²) in [4.78, 5) is 30.8. The highest BCUT2D eigenvalue weighted by Gasteiger charge is 2.07. The fraction of sp³-hybridized carbons (Fsp3) is 0.775. The third kappa shape index (κ3) is 29.5. The maximum atomic E-state index is 12.0. The summed E-state index contributed by atoms with van der Waals surface area (Å²) in [6.45, 7) is 9.66. The van der Waals surface area contributed by atoms with E-state index in [1.54, 1.807) is 0 Å². The van der Waals surface area contributed by atoms with E-state index in [2.05, 4.69) is 40.5 Å². The first-order chi connectivity index (χ1) is 23.2. The molecule has 0 amide bonds. The minimum atomic E-state index is -0.0686. The predicted molar refractivity (Wildman–Crippen MR) is 196 cm³/mol. The average Bonchev–Trinajstić information content (AvgIpc) is 3.59. The number of hydrogen-bond donors (Lipinski definition) is 0. The Bertz CT molecular complexity index is 832. The number of unbranched alkanes of at least 4 members (excludes halogenated alkanes) is 16. The van der Waals surface area contributed by atoms with Crippen LogP contribution < -0.4 is 0 Å². The molecule has 0 fully saturated rings. The summed E-state index contributed by atoms with van der Waals surface area (Å²) in [7, 11) is 0. The predicted octanol–water partition coefficient (Wildman–Crippen LogP) is 10.4. The molecule has 0 saturated heterocycles. The van der Waals surface area contributed by atoms with E-state index in [-0.39, 0.29) is 11.9 Å². The van der Waals surface area contributed by atoms with Crippen molar-refractivity contribution < 1.29 is 19.1 Å². The molecule has 0 aromatic carbocycles. The van der Waals surface area contributed by atoms with Crippen molar-refractivity contribution in [3.63, 3.8) is 0 Å². The van der Waals surface area contributed by atoms with Crippen LogP contribution in [0, 0.1) is 0 Å². The van der Waals surface area contributed by atoms with Crippen LogP contribution in [-0.4, -0.2) is 59.2 Å². The molecule has 47 heavy (non-hydrogen) atoms. The van der Waals surface area contributed by atoms with Gasteiger partial charge in [-0.2, -0.15) is 0 Å². The van der Waals surface area contributed by atoms with Crippen LogP contribution in [0.15, 0.2) is 43.0 Å². The Kier molecular flexibility index (Phi) is 30.4. The molecule has 0 saturated carbocycles. The second-order valence-electron chi connectivity index (χ2n) is 13.0. The van der Waals surface area contributed by atoms with Crippen LogP contribution in [0.4, 0.5) is 0 Å². The SMILES string of the molecule is CCCCCC/C=C\COC(=O)CCCCCCCN(CCCCCCCC(=O)OC/C=C\CCCCCC)CCCn1ccnc1. The number of nitrogens with zero attached hydrogens (tertiary/aromatic N) is 3. The minimum Gasteiger partial charge on any atom is -0.461 e. The molecule has 1 aromatic rings. The van der Waals surface area contributed by atoms with E-state index in [9.17, 15) is 9.59 Å². The Morgan fingerprint density at radius 3 is 1.55 bits per heavy atom. The van der Waals surface area contributed by atoms with Gasteiger partial charge in [-0.15, -0.1) is 0 Å². The molecule has 0 radical (unpaired) electrons. The van der Waals surface area contributed by atoms with E-state index >= 15 is 0 Å². The molecule has 0 aliphatic carbocycles. The third-order valence-corrected chi connectivity index (χ3v) is 8.62. The van der Waals surface area contributed by atoms with E-state index in [4.69, 9.17) is 9.47 Å². The van der Waals surface area contributed by atoms with Crippen molar-refractivity contribution >= 4 is 11.9 Å². The minimum absolute atomic E-state index is 0.0686. The Balaban J connectivity index is 2.11. The maximum Gasteiger partial charge on any atom is 0.306 e. The Hall–Kier alpha value is -2.41. The molecule has 1 rings (SSSR count). The number of imidazole rings is 1. The lowest BCUT2D eigenvalue weighted by Crippen LogP contribution is -2.28. The average molecular weight is 658 g/mol. The Labute approximate surface area is 289 Å². The lowest BCUT2D eigenvalue weighted by molar-refractivity contribution is -0.143. The molecule has 0 N–H and O–H groups in total. The molecular weight excluding hydrogens is 586 g/mol. The molecule has 1 heterocycles. The summed E-state index contributed by atoms with van der Waals surface area (Å²) in [6.07, 6.45) is 39.7. The zero-order valence-corrected chi connectivity index (χ0v) is 30.5.